The quantitative estimate of drug-likeness (QED) is 0.930. The van der Waals surface area contributed by atoms with Crippen LogP contribution in [0.15, 0.2) is 23.7 Å². The van der Waals surface area contributed by atoms with Crippen molar-refractivity contribution in [3.63, 3.8) is 0 Å². The van der Waals surface area contributed by atoms with Crippen molar-refractivity contribution in [3.8, 4) is 11.6 Å². The number of thiophene rings is 1. The summed E-state index contributed by atoms with van der Waals surface area (Å²) < 4.78 is 5.34. The first-order chi connectivity index (χ1) is 8.06. The maximum absolute atomic E-state index is 10.7. The van der Waals surface area contributed by atoms with Crippen LogP contribution in [0.25, 0.3) is 0 Å². The van der Waals surface area contributed by atoms with Crippen molar-refractivity contribution in [3.05, 3.63) is 38.6 Å². The van der Waals surface area contributed by atoms with E-state index in [0.717, 1.165) is 11.3 Å². The van der Waals surface area contributed by atoms with Crippen LogP contribution in [0.2, 0.25) is 10.0 Å². The molecule has 1 N–H and O–H groups in total. The summed E-state index contributed by atoms with van der Waals surface area (Å²) in [6.07, 6.45) is 1.40. The van der Waals surface area contributed by atoms with Gasteiger partial charge in [0.15, 0.2) is 0 Å². The summed E-state index contributed by atoms with van der Waals surface area (Å²) in [4.78, 5) is 14.8. The highest BCUT2D eigenvalue weighted by atomic mass is 35.5. The molecule has 4 nitrogen and oxygen atoms in total. The molecule has 0 aliphatic heterocycles. The van der Waals surface area contributed by atoms with Crippen molar-refractivity contribution < 1.29 is 14.6 Å². The molecule has 2 aromatic rings. The van der Waals surface area contributed by atoms with Crippen LogP contribution in [0, 0.1) is 0 Å². The van der Waals surface area contributed by atoms with E-state index in [1.165, 1.54) is 18.3 Å². The number of nitrogens with zero attached hydrogens (tertiary/aromatic N) is 1. The molecule has 0 aliphatic rings. The van der Waals surface area contributed by atoms with Crippen LogP contribution in [-0.4, -0.2) is 16.1 Å². The zero-order chi connectivity index (χ0) is 12.4. The van der Waals surface area contributed by atoms with Crippen LogP contribution in [0.1, 0.15) is 9.67 Å². The lowest BCUT2D eigenvalue weighted by Gasteiger charge is -2.03. The van der Waals surface area contributed by atoms with Gasteiger partial charge < -0.3 is 9.84 Å². The van der Waals surface area contributed by atoms with E-state index in [2.05, 4.69) is 4.98 Å². The van der Waals surface area contributed by atoms with Crippen molar-refractivity contribution in [2.24, 2.45) is 0 Å². The van der Waals surface area contributed by atoms with Gasteiger partial charge in [0.05, 0.1) is 5.02 Å². The third-order valence-electron chi connectivity index (χ3n) is 1.77. The highest BCUT2D eigenvalue weighted by molar-refractivity contribution is 7.12. The van der Waals surface area contributed by atoms with E-state index in [0.29, 0.717) is 10.8 Å². The summed E-state index contributed by atoms with van der Waals surface area (Å²) in [5, 5.41) is 11.0. The van der Waals surface area contributed by atoms with Crippen molar-refractivity contribution in [2.75, 3.05) is 0 Å². The molecule has 0 saturated heterocycles. The van der Waals surface area contributed by atoms with Gasteiger partial charge in [-0.2, -0.15) is 0 Å². The second kappa shape index (κ2) is 4.91. The van der Waals surface area contributed by atoms with E-state index in [1.807, 2.05) is 0 Å². The van der Waals surface area contributed by atoms with Crippen LogP contribution in [0.3, 0.4) is 0 Å². The number of carbonyl (C=O) groups is 1. The molecule has 7 heteroatoms. The number of aromatic nitrogens is 1. The molecular formula is C10H5Cl2NO3S. The van der Waals surface area contributed by atoms with Gasteiger partial charge in [-0.1, -0.05) is 23.2 Å². The SMILES string of the molecule is O=C(O)c1cc(Oc2ncc(Cl)cc2Cl)cs1. The Balaban J connectivity index is 2.22. The Hall–Kier alpha value is -1.30. The molecule has 2 aromatic heterocycles. The zero-order valence-corrected chi connectivity index (χ0v) is 10.5. The van der Waals surface area contributed by atoms with Crippen LogP contribution < -0.4 is 4.74 Å². The van der Waals surface area contributed by atoms with Gasteiger partial charge in [0.25, 0.3) is 0 Å². The maximum Gasteiger partial charge on any atom is 0.346 e. The number of aromatic carboxylic acids is 1. The molecule has 0 saturated carbocycles. The molecule has 2 rings (SSSR count). The highest BCUT2D eigenvalue weighted by Crippen LogP contribution is 2.31. The fourth-order valence-corrected chi connectivity index (χ4v) is 2.14. The Morgan fingerprint density at radius 2 is 2.18 bits per heavy atom. The topological polar surface area (TPSA) is 59.4 Å². The Kier molecular flexibility index (Phi) is 3.51. The molecular weight excluding hydrogens is 285 g/mol. The molecule has 0 aliphatic carbocycles. The summed E-state index contributed by atoms with van der Waals surface area (Å²) >= 11 is 12.6. The van der Waals surface area contributed by atoms with Crippen molar-refractivity contribution in [1.29, 1.82) is 0 Å². The number of carboxylic acids is 1. The van der Waals surface area contributed by atoms with E-state index in [-0.39, 0.29) is 15.8 Å². The molecule has 0 amide bonds. The molecule has 88 valence electrons. The van der Waals surface area contributed by atoms with Gasteiger partial charge in [-0.3, -0.25) is 0 Å². The number of ether oxygens (including phenoxy) is 1. The number of rotatable bonds is 3. The zero-order valence-electron chi connectivity index (χ0n) is 8.18. The molecule has 0 fully saturated rings. The van der Waals surface area contributed by atoms with Crippen LogP contribution in [-0.2, 0) is 0 Å². The minimum atomic E-state index is -1.000. The summed E-state index contributed by atoms with van der Waals surface area (Å²) in [5.41, 5.74) is 0. The molecule has 0 atom stereocenters. The van der Waals surface area contributed by atoms with Gasteiger partial charge in [0, 0.05) is 17.6 Å². The minimum absolute atomic E-state index is 0.185. The first-order valence-corrected chi connectivity index (χ1v) is 6.00. The first kappa shape index (κ1) is 12.2. The van der Waals surface area contributed by atoms with Gasteiger partial charge >= 0.3 is 5.97 Å². The lowest BCUT2D eigenvalue weighted by atomic mass is 10.4. The van der Waals surface area contributed by atoms with Crippen molar-refractivity contribution in [2.45, 2.75) is 0 Å². The number of hydrogen-bond acceptors (Lipinski definition) is 4. The normalized spacial score (nSPS) is 10.2. The first-order valence-electron chi connectivity index (χ1n) is 4.37. The standard InChI is InChI=1S/C10H5Cl2NO3S/c11-5-1-7(12)9(13-3-5)16-6-2-8(10(14)15)17-4-6/h1-4H,(H,14,15). The Labute approximate surface area is 110 Å². The fourth-order valence-electron chi connectivity index (χ4n) is 1.07. The Bertz CT molecular complexity index is 570. The summed E-state index contributed by atoms with van der Waals surface area (Å²) in [6.45, 7) is 0. The fraction of sp³-hybridized carbons (Fsp3) is 0. The Morgan fingerprint density at radius 3 is 2.76 bits per heavy atom. The molecule has 0 radical (unpaired) electrons. The molecule has 0 unspecified atom stereocenters. The van der Waals surface area contributed by atoms with Gasteiger partial charge in [-0.15, -0.1) is 11.3 Å². The predicted molar refractivity (Wildman–Crippen MR) is 65.6 cm³/mol. The number of carboxylic acid groups (broad SMARTS) is 1. The predicted octanol–water partition coefficient (Wildman–Crippen LogP) is 3.94. The number of pyridine rings is 1. The molecule has 2 heterocycles. The van der Waals surface area contributed by atoms with Gasteiger partial charge in [0.2, 0.25) is 5.88 Å². The van der Waals surface area contributed by atoms with E-state index >= 15 is 0 Å². The van der Waals surface area contributed by atoms with Crippen LogP contribution in [0.5, 0.6) is 11.6 Å². The lowest BCUT2D eigenvalue weighted by Crippen LogP contribution is -1.91. The van der Waals surface area contributed by atoms with E-state index in [4.69, 9.17) is 33.0 Å². The summed E-state index contributed by atoms with van der Waals surface area (Å²) in [7, 11) is 0. The van der Waals surface area contributed by atoms with E-state index in [9.17, 15) is 4.79 Å². The second-order valence-electron chi connectivity index (χ2n) is 2.99. The molecule has 17 heavy (non-hydrogen) atoms. The van der Waals surface area contributed by atoms with E-state index < -0.39 is 5.97 Å². The third kappa shape index (κ3) is 2.88. The molecule has 0 bridgehead atoms. The van der Waals surface area contributed by atoms with Crippen LogP contribution >= 0.6 is 34.5 Å². The lowest BCUT2D eigenvalue weighted by molar-refractivity contribution is 0.0702. The average molecular weight is 290 g/mol. The summed E-state index contributed by atoms with van der Waals surface area (Å²) in [5.74, 6) is -0.435. The number of halogens is 2. The van der Waals surface area contributed by atoms with Crippen LogP contribution in [0.4, 0.5) is 0 Å². The van der Waals surface area contributed by atoms with Crippen molar-refractivity contribution in [1.82, 2.24) is 4.98 Å². The average Bonchev–Trinajstić information content (AvgIpc) is 2.71. The minimum Gasteiger partial charge on any atom is -0.477 e. The summed E-state index contributed by atoms with van der Waals surface area (Å²) in [6, 6.07) is 2.90. The second-order valence-corrected chi connectivity index (χ2v) is 4.75. The van der Waals surface area contributed by atoms with Crippen molar-refractivity contribution >= 4 is 40.5 Å². The van der Waals surface area contributed by atoms with Gasteiger partial charge in [-0.05, 0) is 6.07 Å². The maximum atomic E-state index is 10.7. The van der Waals surface area contributed by atoms with E-state index in [1.54, 1.807) is 5.38 Å². The van der Waals surface area contributed by atoms with Gasteiger partial charge in [0.1, 0.15) is 15.6 Å². The highest BCUT2D eigenvalue weighted by Gasteiger charge is 2.10. The molecule has 0 spiro atoms. The molecule has 0 aromatic carbocycles. The largest absolute Gasteiger partial charge is 0.477 e. The monoisotopic (exact) mass is 289 g/mol. The third-order valence-corrected chi connectivity index (χ3v) is 3.15. The smallest absolute Gasteiger partial charge is 0.346 e. The number of hydrogen-bond donors (Lipinski definition) is 1. The Morgan fingerprint density at radius 1 is 1.41 bits per heavy atom. The van der Waals surface area contributed by atoms with Gasteiger partial charge in [-0.25, -0.2) is 9.78 Å².